The number of Topliss-reactive ketones (excluding diaryl/α,β-unsaturated/α-hetero) is 1. The van der Waals surface area contributed by atoms with Gasteiger partial charge in [-0.15, -0.1) is 11.3 Å². The van der Waals surface area contributed by atoms with Gasteiger partial charge in [0.25, 0.3) is 0 Å². The number of nitrogens with zero attached hydrogens (tertiary/aromatic N) is 1. The van der Waals surface area contributed by atoms with E-state index < -0.39 is 35.9 Å². The number of ketones is 1. The minimum absolute atomic E-state index is 0.0766. The first-order valence-electron chi connectivity index (χ1n) is 13.5. The molecule has 0 saturated carbocycles. The lowest BCUT2D eigenvalue weighted by Crippen LogP contribution is -2.46. The van der Waals surface area contributed by atoms with E-state index in [-0.39, 0.29) is 24.7 Å². The largest absolute Gasteiger partial charge is 0.396 e. The van der Waals surface area contributed by atoms with E-state index in [1.807, 2.05) is 32.2 Å². The molecule has 0 aromatic carbocycles. The second-order valence-electron chi connectivity index (χ2n) is 11.2. The average Bonchev–Trinajstić information content (AvgIpc) is 3.26. The maximum Gasteiger partial charge on any atom is 0.157 e. The van der Waals surface area contributed by atoms with Crippen molar-refractivity contribution < 1.29 is 30.0 Å². The van der Waals surface area contributed by atoms with E-state index >= 15 is 0 Å². The minimum atomic E-state index is -1.28. The Hall–Kier alpha value is -1.42. The molecule has 1 aliphatic rings. The summed E-state index contributed by atoms with van der Waals surface area (Å²) < 4.78 is 6.06. The van der Waals surface area contributed by atoms with Crippen LogP contribution in [-0.4, -0.2) is 62.4 Å². The minimum Gasteiger partial charge on any atom is -0.396 e. The number of aliphatic hydroxyl groups is 4. The van der Waals surface area contributed by atoms with Crippen LogP contribution in [0.2, 0.25) is 0 Å². The van der Waals surface area contributed by atoms with Crippen LogP contribution >= 0.6 is 11.3 Å². The zero-order chi connectivity index (χ0) is 27.8. The summed E-state index contributed by atoms with van der Waals surface area (Å²) in [5.74, 6) is -0.949. The first-order valence-corrected chi connectivity index (χ1v) is 14.4. The molecule has 0 fully saturated rings. The molecule has 0 bridgehead atoms. The Labute approximate surface area is 226 Å². The zero-order valence-electron chi connectivity index (χ0n) is 23.3. The lowest BCUT2D eigenvalue weighted by Gasteiger charge is -2.35. The molecule has 0 amide bonds. The van der Waals surface area contributed by atoms with E-state index in [4.69, 9.17) is 4.74 Å². The molecule has 0 aliphatic carbocycles. The molecule has 2 rings (SSSR count). The van der Waals surface area contributed by atoms with E-state index in [1.54, 1.807) is 32.1 Å². The van der Waals surface area contributed by atoms with Crippen LogP contribution in [-0.2, 0) is 9.53 Å². The van der Waals surface area contributed by atoms with Crippen molar-refractivity contribution in [2.24, 2.45) is 17.3 Å². The van der Waals surface area contributed by atoms with Gasteiger partial charge in [-0.1, -0.05) is 39.3 Å². The summed E-state index contributed by atoms with van der Waals surface area (Å²) >= 11 is 1.57. The molecule has 1 aliphatic heterocycles. The summed E-state index contributed by atoms with van der Waals surface area (Å²) in [7, 11) is 0. The standard InChI is InChI=1S/C29H47NO6S/c1-18-9-7-10-22(11-8-14-31)12-13-24(19(2)15-23-17-37-21(4)30-23)36-26(33)16-25(32)29(5,6)28(35)20(3)27(18)34/h12,15,17-18,20,24-27,31-34H,7-11,13-14,16H2,1-6H3/b19-15+,22-12+/t18-,20+,24-,25-,26?,27-/m0/s1. The Morgan fingerprint density at radius 2 is 1.97 bits per heavy atom. The summed E-state index contributed by atoms with van der Waals surface area (Å²) in [6, 6.07) is 0. The van der Waals surface area contributed by atoms with Gasteiger partial charge in [0.2, 0.25) is 0 Å². The Morgan fingerprint density at radius 3 is 2.59 bits per heavy atom. The van der Waals surface area contributed by atoms with E-state index in [9.17, 15) is 25.2 Å². The third kappa shape index (κ3) is 9.37. The summed E-state index contributed by atoms with van der Waals surface area (Å²) in [5, 5.41) is 45.0. The number of allylic oxidation sites excluding steroid dienone is 1. The van der Waals surface area contributed by atoms with Gasteiger partial charge in [-0.05, 0) is 69.9 Å². The van der Waals surface area contributed by atoms with E-state index in [0.717, 1.165) is 42.0 Å². The Kier molecular flexibility index (Phi) is 12.6. The lowest BCUT2D eigenvalue weighted by atomic mass is 9.73. The molecule has 2 heterocycles. The van der Waals surface area contributed by atoms with Crippen LogP contribution in [0.25, 0.3) is 6.08 Å². The van der Waals surface area contributed by atoms with Crippen molar-refractivity contribution >= 4 is 23.2 Å². The highest BCUT2D eigenvalue weighted by atomic mass is 32.1. The second-order valence-corrected chi connectivity index (χ2v) is 12.2. The van der Waals surface area contributed by atoms with Gasteiger partial charge in [0.1, 0.15) is 5.78 Å². The molecule has 1 aromatic heterocycles. The Bertz CT molecular complexity index is 923. The third-order valence-electron chi connectivity index (χ3n) is 7.68. The number of ether oxygens (including phenoxy) is 1. The fourth-order valence-corrected chi connectivity index (χ4v) is 5.55. The highest BCUT2D eigenvalue weighted by Crippen LogP contribution is 2.33. The molecule has 0 radical (unpaired) electrons. The first-order chi connectivity index (χ1) is 17.4. The van der Waals surface area contributed by atoms with Crippen molar-refractivity contribution in [2.45, 2.75) is 111 Å². The van der Waals surface area contributed by atoms with Crippen molar-refractivity contribution in [3.63, 3.8) is 0 Å². The molecular weight excluding hydrogens is 490 g/mol. The van der Waals surface area contributed by atoms with Gasteiger partial charge in [-0.2, -0.15) is 0 Å². The van der Waals surface area contributed by atoms with Crippen LogP contribution in [0.4, 0.5) is 0 Å². The Balaban J connectivity index is 2.39. The molecule has 210 valence electrons. The average molecular weight is 538 g/mol. The smallest absolute Gasteiger partial charge is 0.157 e. The number of hydrogen-bond donors (Lipinski definition) is 4. The third-order valence-corrected chi connectivity index (χ3v) is 8.47. The van der Waals surface area contributed by atoms with Crippen LogP contribution in [0.3, 0.4) is 0 Å². The maximum atomic E-state index is 13.3. The molecule has 4 N–H and O–H groups in total. The fourth-order valence-electron chi connectivity index (χ4n) is 4.98. The SMILES string of the molecule is C/C(=C\c1csc(C)n1)[C@@H]1C/C=C(/CCCO)CCC[C@H](C)[C@H](O)[C@@H](C)C(=O)C(C)(C)[C@@H](O)CC(O)O1. The number of aryl methyl sites for hydroxylation is 1. The molecule has 1 aromatic rings. The molecule has 7 nitrogen and oxygen atoms in total. The normalized spacial score (nSPS) is 32.6. The number of carbonyl (C=O) groups is 1. The van der Waals surface area contributed by atoms with E-state index in [2.05, 4.69) is 11.1 Å². The summed E-state index contributed by atoms with van der Waals surface area (Å²) in [5.41, 5.74) is 1.78. The Morgan fingerprint density at radius 1 is 1.27 bits per heavy atom. The predicted molar refractivity (Wildman–Crippen MR) is 148 cm³/mol. The molecule has 8 heteroatoms. The van der Waals surface area contributed by atoms with Gasteiger partial charge in [0.05, 0.1) is 29.0 Å². The van der Waals surface area contributed by atoms with Gasteiger partial charge >= 0.3 is 0 Å². The lowest BCUT2D eigenvalue weighted by molar-refractivity contribution is -0.161. The highest BCUT2D eigenvalue weighted by Gasteiger charge is 2.42. The quantitative estimate of drug-likeness (QED) is 0.398. The molecule has 37 heavy (non-hydrogen) atoms. The van der Waals surface area contributed by atoms with Crippen molar-refractivity contribution in [1.29, 1.82) is 0 Å². The van der Waals surface area contributed by atoms with Gasteiger partial charge in [0.15, 0.2) is 6.29 Å². The topological polar surface area (TPSA) is 120 Å². The van der Waals surface area contributed by atoms with Gasteiger partial charge < -0.3 is 25.2 Å². The molecule has 0 saturated heterocycles. The van der Waals surface area contributed by atoms with Crippen LogP contribution in [0, 0.1) is 24.2 Å². The highest BCUT2D eigenvalue weighted by molar-refractivity contribution is 7.09. The van der Waals surface area contributed by atoms with Gasteiger partial charge in [0, 0.05) is 29.7 Å². The molecular formula is C29H47NO6S. The number of aliphatic hydroxyl groups excluding tert-OH is 4. The number of aromatic nitrogens is 1. The van der Waals surface area contributed by atoms with E-state index in [1.165, 1.54) is 5.57 Å². The predicted octanol–water partition coefficient (Wildman–Crippen LogP) is 4.81. The molecule has 1 unspecified atom stereocenters. The number of carbonyl (C=O) groups excluding carboxylic acids is 1. The van der Waals surface area contributed by atoms with Gasteiger partial charge in [-0.3, -0.25) is 4.79 Å². The second kappa shape index (κ2) is 14.7. The van der Waals surface area contributed by atoms with Crippen LogP contribution in [0.15, 0.2) is 22.6 Å². The summed E-state index contributed by atoms with van der Waals surface area (Å²) in [4.78, 5) is 17.8. The van der Waals surface area contributed by atoms with Crippen LogP contribution < -0.4 is 0 Å². The van der Waals surface area contributed by atoms with Crippen LogP contribution in [0.5, 0.6) is 0 Å². The molecule has 0 spiro atoms. The van der Waals surface area contributed by atoms with Crippen molar-refractivity contribution in [1.82, 2.24) is 4.98 Å². The number of hydrogen-bond acceptors (Lipinski definition) is 8. The summed E-state index contributed by atoms with van der Waals surface area (Å²) in [6.07, 6.45) is 4.67. The monoisotopic (exact) mass is 537 g/mol. The van der Waals surface area contributed by atoms with Crippen LogP contribution in [0.1, 0.15) is 90.3 Å². The van der Waals surface area contributed by atoms with Gasteiger partial charge in [-0.25, -0.2) is 4.98 Å². The zero-order valence-corrected chi connectivity index (χ0v) is 24.1. The first kappa shape index (κ1) is 31.8. The molecule has 6 atom stereocenters. The van der Waals surface area contributed by atoms with Crippen molar-refractivity contribution in [3.05, 3.63) is 33.3 Å². The maximum absolute atomic E-state index is 13.3. The number of thiazole rings is 1. The van der Waals surface area contributed by atoms with E-state index in [0.29, 0.717) is 12.8 Å². The number of rotatable bonds is 5. The van der Waals surface area contributed by atoms with Crippen molar-refractivity contribution in [3.8, 4) is 0 Å². The summed E-state index contributed by atoms with van der Waals surface area (Å²) in [6.45, 7) is 11.0. The fraction of sp³-hybridized carbons (Fsp3) is 0.724. The van der Waals surface area contributed by atoms with Crippen molar-refractivity contribution in [2.75, 3.05) is 6.61 Å².